The van der Waals surface area contributed by atoms with Crippen molar-refractivity contribution >= 4 is 29.7 Å². The van der Waals surface area contributed by atoms with Crippen LogP contribution in [0.25, 0.3) is 0 Å². The summed E-state index contributed by atoms with van der Waals surface area (Å²) in [6.07, 6.45) is 4.65. The first-order valence-electron chi connectivity index (χ1n) is 9.74. The molecule has 0 saturated carbocycles. The normalized spacial score (nSPS) is 17.5. The number of nitro benzene ring substituents is 1. The van der Waals surface area contributed by atoms with Gasteiger partial charge in [-0.1, -0.05) is 0 Å². The number of piperidine rings is 1. The molecule has 1 aromatic carbocycles. The van der Waals surface area contributed by atoms with Crippen LogP contribution in [0, 0.1) is 10.1 Å². The first kappa shape index (κ1) is 22.4. The maximum Gasteiger partial charge on any atom is 0.293 e. The molecular formula is C19H29ClN4O4. The van der Waals surface area contributed by atoms with E-state index < -0.39 is 0 Å². The molecule has 0 radical (unpaired) electrons. The van der Waals surface area contributed by atoms with Crippen molar-refractivity contribution in [2.45, 2.75) is 38.2 Å². The van der Waals surface area contributed by atoms with Gasteiger partial charge in [0.05, 0.1) is 11.0 Å². The third-order valence-corrected chi connectivity index (χ3v) is 5.30. The van der Waals surface area contributed by atoms with Crippen LogP contribution in [0.1, 0.15) is 42.5 Å². The predicted molar refractivity (Wildman–Crippen MR) is 110 cm³/mol. The Morgan fingerprint density at radius 1 is 1.21 bits per heavy atom. The van der Waals surface area contributed by atoms with Crippen LogP contribution in [0.4, 0.5) is 11.4 Å². The molecule has 3 rings (SSSR count). The summed E-state index contributed by atoms with van der Waals surface area (Å²) in [5, 5.41) is 11.5. The Morgan fingerprint density at radius 2 is 1.89 bits per heavy atom. The number of benzene rings is 1. The number of hydrogen-bond donors (Lipinski definition) is 1. The molecule has 28 heavy (non-hydrogen) atoms. The SMILES string of the molecule is Cl.NCCCOC1CCN(C(=O)c2ccc(N3CCCC3)c([N+](=O)[O-])c2)CC1. The van der Waals surface area contributed by atoms with E-state index in [-0.39, 0.29) is 35.0 Å². The van der Waals surface area contributed by atoms with Gasteiger partial charge >= 0.3 is 0 Å². The van der Waals surface area contributed by atoms with Crippen LogP contribution in [0.15, 0.2) is 18.2 Å². The van der Waals surface area contributed by atoms with E-state index in [0.29, 0.717) is 37.5 Å². The minimum atomic E-state index is -0.387. The largest absolute Gasteiger partial charge is 0.378 e. The molecule has 1 amide bonds. The van der Waals surface area contributed by atoms with E-state index in [1.165, 1.54) is 6.07 Å². The van der Waals surface area contributed by atoms with Crippen molar-refractivity contribution in [3.63, 3.8) is 0 Å². The van der Waals surface area contributed by atoms with Gasteiger partial charge in [-0.25, -0.2) is 0 Å². The van der Waals surface area contributed by atoms with Crippen LogP contribution >= 0.6 is 12.4 Å². The van der Waals surface area contributed by atoms with Crippen LogP contribution in [-0.4, -0.2) is 61.2 Å². The zero-order valence-electron chi connectivity index (χ0n) is 16.0. The number of likely N-dealkylation sites (tertiary alicyclic amines) is 1. The van der Waals surface area contributed by atoms with E-state index in [0.717, 1.165) is 45.2 Å². The standard InChI is InChI=1S/C19H28N4O4.ClH/c20-8-3-13-27-16-6-11-22(12-7-16)19(24)15-4-5-17(18(14-15)23(25)26)21-9-1-2-10-21;/h4-5,14,16H,1-3,6-13,20H2;1H. The number of nitrogens with zero attached hydrogens (tertiary/aromatic N) is 3. The third kappa shape index (κ3) is 5.33. The molecule has 2 aliphatic rings. The lowest BCUT2D eigenvalue weighted by Crippen LogP contribution is -2.41. The Morgan fingerprint density at radius 3 is 2.50 bits per heavy atom. The Bertz CT molecular complexity index is 674. The second-order valence-corrected chi connectivity index (χ2v) is 7.16. The molecule has 1 aromatic rings. The first-order valence-corrected chi connectivity index (χ1v) is 9.74. The van der Waals surface area contributed by atoms with Gasteiger partial charge in [0.2, 0.25) is 0 Å². The highest BCUT2D eigenvalue weighted by Crippen LogP contribution is 2.32. The van der Waals surface area contributed by atoms with Crippen molar-refractivity contribution in [1.29, 1.82) is 0 Å². The maximum absolute atomic E-state index is 12.8. The molecule has 0 unspecified atom stereocenters. The fourth-order valence-corrected chi connectivity index (χ4v) is 3.77. The number of carbonyl (C=O) groups excluding carboxylic acids is 1. The zero-order valence-corrected chi connectivity index (χ0v) is 16.9. The molecule has 2 heterocycles. The number of rotatable bonds is 7. The van der Waals surface area contributed by atoms with Crippen molar-refractivity contribution in [3.05, 3.63) is 33.9 Å². The Balaban J connectivity index is 0.00000280. The van der Waals surface area contributed by atoms with Crippen LogP contribution in [0.5, 0.6) is 0 Å². The number of halogens is 1. The van der Waals surface area contributed by atoms with E-state index in [9.17, 15) is 14.9 Å². The van der Waals surface area contributed by atoms with E-state index in [4.69, 9.17) is 10.5 Å². The Labute approximate surface area is 171 Å². The number of carbonyl (C=O) groups is 1. The average Bonchev–Trinajstić information content (AvgIpc) is 3.22. The van der Waals surface area contributed by atoms with Crippen LogP contribution in [-0.2, 0) is 4.74 Å². The molecule has 0 aliphatic carbocycles. The minimum absolute atomic E-state index is 0. The minimum Gasteiger partial charge on any atom is -0.378 e. The summed E-state index contributed by atoms with van der Waals surface area (Å²) in [5.74, 6) is -0.147. The van der Waals surface area contributed by atoms with Gasteiger partial charge in [0.25, 0.3) is 11.6 Å². The van der Waals surface area contributed by atoms with Crippen molar-refractivity contribution in [2.24, 2.45) is 5.73 Å². The first-order chi connectivity index (χ1) is 13.1. The van der Waals surface area contributed by atoms with Gasteiger partial charge in [-0.05, 0) is 50.8 Å². The smallest absolute Gasteiger partial charge is 0.293 e. The molecule has 8 nitrogen and oxygen atoms in total. The maximum atomic E-state index is 12.8. The quantitative estimate of drug-likeness (QED) is 0.419. The van der Waals surface area contributed by atoms with Crippen molar-refractivity contribution in [1.82, 2.24) is 4.90 Å². The molecule has 0 spiro atoms. The number of anilines is 1. The lowest BCUT2D eigenvalue weighted by atomic mass is 10.1. The molecule has 2 N–H and O–H groups in total. The van der Waals surface area contributed by atoms with Gasteiger partial charge in [0.15, 0.2) is 0 Å². The lowest BCUT2D eigenvalue weighted by Gasteiger charge is -2.32. The predicted octanol–water partition coefficient (Wildman–Crippen LogP) is 2.59. The third-order valence-electron chi connectivity index (χ3n) is 5.30. The van der Waals surface area contributed by atoms with Crippen molar-refractivity contribution < 1.29 is 14.5 Å². The number of amides is 1. The van der Waals surface area contributed by atoms with E-state index in [2.05, 4.69) is 0 Å². The summed E-state index contributed by atoms with van der Waals surface area (Å²) >= 11 is 0. The van der Waals surface area contributed by atoms with E-state index >= 15 is 0 Å². The topological polar surface area (TPSA) is 102 Å². The summed E-state index contributed by atoms with van der Waals surface area (Å²) < 4.78 is 5.77. The second-order valence-electron chi connectivity index (χ2n) is 7.16. The summed E-state index contributed by atoms with van der Waals surface area (Å²) in [7, 11) is 0. The molecular weight excluding hydrogens is 384 g/mol. The van der Waals surface area contributed by atoms with Gasteiger partial charge < -0.3 is 20.3 Å². The molecule has 156 valence electrons. The molecule has 2 saturated heterocycles. The summed E-state index contributed by atoms with van der Waals surface area (Å²) in [4.78, 5) is 27.7. The number of nitro groups is 1. The van der Waals surface area contributed by atoms with Gasteiger partial charge in [-0.3, -0.25) is 14.9 Å². The average molecular weight is 413 g/mol. The summed E-state index contributed by atoms with van der Waals surface area (Å²) in [6, 6.07) is 4.87. The van der Waals surface area contributed by atoms with Crippen molar-refractivity contribution in [3.8, 4) is 0 Å². The van der Waals surface area contributed by atoms with Crippen LogP contribution < -0.4 is 10.6 Å². The highest BCUT2D eigenvalue weighted by molar-refractivity contribution is 5.96. The fourth-order valence-electron chi connectivity index (χ4n) is 3.77. The van der Waals surface area contributed by atoms with Crippen LogP contribution in [0.2, 0.25) is 0 Å². The molecule has 2 aliphatic heterocycles. The number of nitrogens with two attached hydrogens (primary N) is 1. The van der Waals surface area contributed by atoms with Gasteiger partial charge in [-0.15, -0.1) is 12.4 Å². The van der Waals surface area contributed by atoms with E-state index in [1.54, 1.807) is 17.0 Å². The van der Waals surface area contributed by atoms with Gasteiger partial charge in [0, 0.05) is 44.4 Å². The zero-order chi connectivity index (χ0) is 19.2. The second kappa shape index (κ2) is 10.6. The van der Waals surface area contributed by atoms with Gasteiger partial charge in [-0.2, -0.15) is 0 Å². The summed E-state index contributed by atoms with van der Waals surface area (Å²) in [6.45, 7) is 4.13. The van der Waals surface area contributed by atoms with Gasteiger partial charge in [0.1, 0.15) is 5.69 Å². The fraction of sp³-hybridized carbons (Fsp3) is 0.632. The Hall–Kier alpha value is -1.90. The molecule has 0 aromatic heterocycles. The molecule has 2 fully saturated rings. The van der Waals surface area contributed by atoms with E-state index in [1.807, 2.05) is 4.90 Å². The molecule has 0 atom stereocenters. The van der Waals surface area contributed by atoms with Crippen LogP contribution in [0.3, 0.4) is 0 Å². The highest BCUT2D eigenvalue weighted by Gasteiger charge is 2.27. The lowest BCUT2D eigenvalue weighted by molar-refractivity contribution is -0.384. The Kier molecular flexibility index (Phi) is 8.47. The molecule has 9 heteroatoms. The summed E-state index contributed by atoms with van der Waals surface area (Å²) in [5.41, 5.74) is 6.48. The van der Waals surface area contributed by atoms with Crippen molar-refractivity contribution in [2.75, 3.05) is 44.2 Å². The monoisotopic (exact) mass is 412 g/mol. The number of hydrogen-bond acceptors (Lipinski definition) is 6. The highest BCUT2D eigenvalue weighted by atomic mass is 35.5. The molecule has 0 bridgehead atoms. The number of ether oxygens (including phenoxy) is 1.